The van der Waals surface area contributed by atoms with Crippen LogP contribution in [0.1, 0.15) is 32.6 Å². The predicted octanol–water partition coefficient (Wildman–Crippen LogP) is 1.86. The molecule has 3 nitrogen and oxygen atoms in total. The highest BCUT2D eigenvalue weighted by Crippen LogP contribution is 2.35. The molecule has 0 unspecified atom stereocenters. The van der Waals surface area contributed by atoms with E-state index >= 15 is 0 Å². The summed E-state index contributed by atoms with van der Waals surface area (Å²) in [5, 5.41) is 0. The molecule has 0 amide bonds. The van der Waals surface area contributed by atoms with Crippen LogP contribution in [0.25, 0.3) is 0 Å². The van der Waals surface area contributed by atoms with Crippen molar-refractivity contribution < 1.29 is 14.3 Å². The SMILES string of the molecule is C=C[C@]1(C(=O)OCC)CCCCC1=O. The van der Waals surface area contributed by atoms with Crippen molar-refractivity contribution in [2.45, 2.75) is 32.6 Å². The first-order valence-corrected chi connectivity index (χ1v) is 5.01. The highest BCUT2D eigenvalue weighted by atomic mass is 16.5. The number of ketones is 1. The van der Waals surface area contributed by atoms with Crippen molar-refractivity contribution >= 4 is 11.8 Å². The molecule has 0 N–H and O–H groups in total. The van der Waals surface area contributed by atoms with E-state index in [1.807, 2.05) is 0 Å². The van der Waals surface area contributed by atoms with Crippen LogP contribution in [0.5, 0.6) is 0 Å². The zero-order valence-electron chi connectivity index (χ0n) is 8.54. The Bertz CT molecular complexity index is 257. The van der Waals surface area contributed by atoms with Crippen LogP contribution >= 0.6 is 0 Å². The summed E-state index contributed by atoms with van der Waals surface area (Å²) in [7, 11) is 0. The van der Waals surface area contributed by atoms with Gasteiger partial charge in [0.15, 0.2) is 5.78 Å². The molecule has 1 saturated carbocycles. The van der Waals surface area contributed by atoms with Crippen LogP contribution in [0.4, 0.5) is 0 Å². The van der Waals surface area contributed by atoms with Gasteiger partial charge in [0.25, 0.3) is 0 Å². The third-order valence-corrected chi connectivity index (χ3v) is 2.71. The Hall–Kier alpha value is -1.12. The fourth-order valence-electron chi connectivity index (χ4n) is 1.83. The van der Waals surface area contributed by atoms with Gasteiger partial charge in [-0.1, -0.05) is 12.5 Å². The lowest BCUT2D eigenvalue weighted by molar-refractivity contribution is -0.158. The molecule has 14 heavy (non-hydrogen) atoms. The fourth-order valence-corrected chi connectivity index (χ4v) is 1.83. The number of ether oxygens (including phenoxy) is 1. The van der Waals surface area contributed by atoms with Crippen LogP contribution in [0.15, 0.2) is 12.7 Å². The standard InChI is InChI=1S/C11H16O3/c1-3-11(10(13)14-4-2)8-6-5-7-9(11)12/h3H,1,4-8H2,2H3/t11-/m0/s1. The summed E-state index contributed by atoms with van der Waals surface area (Å²) >= 11 is 0. The Labute approximate surface area is 84.1 Å². The molecule has 3 heteroatoms. The van der Waals surface area contributed by atoms with Crippen LogP contribution < -0.4 is 0 Å². The van der Waals surface area contributed by atoms with E-state index in [0.717, 1.165) is 12.8 Å². The first-order valence-electron chi connectivity index (χ1n) is 5.01. The van der Waals surface area contributed by atoms with E-state index in [-0.39, 0.29) is 5.78 Å². The third-order valence-electron chi connectivity index (χ3n) is 2.71. The lowest BCUT2D eigenvalue weighted by Gasteiger charge is -2.30. The fraction of sp³-hybridized carbons (Fsp3) is 0.636. The van der Waals surface area contributed by atoms with Crippen molar-refractivity contribution in [2.75, 3.05) is 6.61 Å². The van der Waals surface area contributed by atoms with Crippen LogP contribution in [-0.2, 0) is 14.3 Å². The molecule has 0 aliphatic heterocycles. The van der Waals surface area contributed by atoms with Crippen molar-refractivity contribution in [3.05, 3.63) is 12.7 Å². The predicted molar refractivity (Wildman–Crippen MR) is 52.7 cm³/mol. The molecular weight excluding hydrogens is 180 g/mol. The molecule has 1 aliphatic carbocycles. The zero-order chi connectivity index (χ0) is 10.6. The number of hydrogen-bond donors (Lipinski definition) is 0. The maximum absolute atomic E-state index is 11.7. The van der Waals surface area contributed by atoms with Crippen molar-refractivity contribution in [1.29, 1.82) is 0 Å². The summed E-state index contributed by atoms with van der Waals surface area (Å²) in [6, 6.07) is 0. The summed E-state index contributed by atoms with van der Waals surface area (Å²) in [5.41, 5.74) is -1.05. The zero-order valence-corrected chi connectivity index (χ0v) is 8.54. The largest absolute Gasteiger partial charge is 0.465 e. The third kappa shape index (κ3) is 1.72. The minimum Gasteiger partial charge on any atom is -0.465 e. The average molecular weight is 196 g/mol. The van der Waals surface area contributed by atoms with Gasteiger partial charge in [0.2, 0.25) is 0 Å². The molecule has 0 aromatic heterocycles. The number of rotatable bonds is 3. The molecule has 1 fully saturated rings. The quantitative estimate of drug-likeness (QED) is 0.393. The van der Waals surface area contributed by atoms with Crippen LogP contribution in [0.2, 0.25) is 0 Å². The Kier molecular flexibility index (Phi) is 3.44. The second-order valence-corrected chi connectivity index (χ2v) is 3.53. The van der Waals surface area contributed by atoms with Crippen molar-refractivity contribution in [3.8, 4) is 0 Å². The second kappa shape index (κ2) is 4.40. The Balaban J connectivity index is 2.88. The van der Waals surface area contributed by atoms with E-state index in [1.165, 1.54) is 6.08 Å². The molecule has 0 bridgehead atoms. The number of Topliss-reactive ketones (excluding diaryl/α,β-unsaturated/α-hetero) is 1. The lowest BCUT2D eigenvalue weighted by atomic mass is 9.73. The molecule has 1 rings (SSSR count). The van der Waals surface area contributed by atoms with Gasteiger partial charge < -0.3 is 4.74 Å². The lowest BCUT2D eigenvalue weighted by Crippen LogP contribution is -2.41. The van der Waals surface area contributed by atoms with Gasteiger partial charge in [-0.2, -0.15) is 0 Å². The van der Waals surface area contributed by atoms with Crippen molar-refractivity contribution in [1.82, 2.24) is 0 Å². The van der Waals surface area contributed by atoms with Gasteiger partial charge in [-0.3, -0.25) is 9.59 Å². The summed E-state index contributed by atoms with van der Waals surface area (Å²) in [4.78, 5) is 23.3. The Morgan fingerprint density at radius 1 is 1.64 bits per heavy atom. The number of esters is 1. The van der Waals surface area contributed by atoms with Gasteiger partial charge in [-0.25, -0.2) is 0 Å². The normalized spacial score (nSPS) is 27.1. The monoisotopic (exact) mass is 196 g/mol. The summed E-state index contributed by atoms with van der Waals surface area (Å²) < 4.78 is 4.92. The summed E-state index contributed by atoms with van der Waals surface area (Å²) in [6.45, 7) is 5.63. The second-order valence-electron chi connectivity index (χ2n) is 3.53. The van der Waals surface area contributed by atoms with Gasteiger partial charge >= 0.3 is 5.97 Å². The van der Waals surface area contributed by atoms with Gasteiger partial charge in [0, 0.05) is 6.42 Å². The molecular formula is C11H16O3. The molecule has 1 aliphatic rings. The summed E-state index contributed by atoms with van der Waals surface area (Å²) in [5.74, 6) is -0.475. The smallest absolute Gasteiger partial charge is 0.323 e. The van der Waals surface area contributed by atoms with Gasteiger partial charge in [0.1, 0.15) is 5.41 Å². The van der Waals surface area contributed by atoms with Crippen LogP contribution in [0, 0.1) is 5.41 Å². The number of carbonyl (C=O) groups excluding carboxylic acids is 2. The first kappa shape index (κ1) is 11.0. The van der Waals surface area contributed by atoms with E-state index in [4.69, 9.17) is 4.74 Å². The molecule has 0 aromatic rings. The van der Waals surface area contributed by atoms with E-state index < -0.39 is 11.4 Å². The van der Waals surface area contributed by atoms with E-state index in [2.05, 4.69) is 6.58 Å². The highest BCUT2D eigenvalue weighted by molar-refractivity contribution is 6.06. The average Bonchev–Trinajstić information content (AvgIpc) is 2.19. The summed E-state index contributed by atoms with van der Waals surface area (Å²) in [6.07, 6.45) is 4.22. The maximum atomic E-state index is 11.7. The molecule has 0 radical (unpaired) electrons. The van der Waals surface area contributed by atoms with Crippen LogP contribution in [0.3, 0.4) is 0 Å². The maximum Gasteiger partial charge on any atom is 0.323 e. The van der Waals surface area contributed by atoms with Crippen LogP contribution in [-0.4, -0.2) is 18.4 Å². The minimum atomic E-state index is -1.05. The number of carbonyl (C=O) groups is 2. The minimum absolute atomic E-state index is 0.0443. The van der Waals surface area contributed by atoms with Gasteiger partial charge in [-0.15, -0.1) is 6.58 Å². The van der Waals surface area contributed by atoms with E-state index in [0.29, 0.717) is 19.4 Å². The highest BCUT2D eigenvalue weighted by Gasteiger charge is 2.45. The Morgan fingerprint density at radius 3 is 2.86 bits per heavy atom. The Morgan fingerprint density at radius 2 is 2.36 bits per heavy atom. The molecule has 0 aromatic carbocycles. The first-order chi connectivity index (χ1) is 6.67. The van der Waals surface area contributed by atoms with Crippen molar-refractivity contribution in [2.24, 2.45) is 5.41 Å². The van der Waals surface area contributed by atoms with Gasteiger partial charge in [0.05, 0.1) is 6.61 Å². The molecule has 0 spiro atoms. The van der Waals surface area contributed by atoms with E-state index in [9.17, 15) is 9.59 Å². The molecule has 78 valence electrons. The number of hydrogen-bond acceptors (Lipinski definition) is 3. The molecule has 0 heterocycles. The topological polar surface area (TPSA) is 43.4 Å². The van der Waals surface area contributed by atoms with Gasteiger partial charge in [-0.05, 0) is 19.8 Å². The van der Waals surface area contributed by atoms with E-state index in [1.54, 1.807) is 6.92 Å². The molecule has 0 saturated heterocycles. The van der Waals surface area contributed by atoms with Crippen molar-refractivity contribution in [3.63, 3.8) is 0 Å². The molecule has 1 atom stereocenters.